The quantitative estimate of drug-likeness (QED) is 0.724. The SMILES string of the molecule is CN(C)C(=O)c1cc(F)c(Br)c(Cl)c1. The molecule has 0 aliphatic heterocycles. The molecule has 2 nitrogen and oxygen atoms in total. The molecule has 0 aliphatic carbocycles. The maximum Gasteiger partial charge on any atom is 0.253 e. The summed E-state index contributed by atoms with van der Waals surface area (Å²) >= 11 is 8.68. The molecule has 0 saturated heterocycles. The zero-order valence-electron chi connectivity index (χ0n) is 7.64. The summed E-state index contributed by atoms with van der Waals surface area (Å²) in [6.45, 7) is 0. The fraction of sp³-hybridized carbons (Fsp3) is 0.222. The van der Waals surface area contributed by atoms with Crippen LogP contribution in [0.3, 0.4) is 0 Å². The average Bonchev–Trinajstić information content (AvgIpc) is 2.12. The van der Waals surface area contributed by atoms with Gasteiger partial charge in [0.05, 0.1) is 9.50 Å². The highest BCUT2D eigenvalue weighted by Gasteiger charge is 2.13. The van der Waals surface area contributed by atoms with E-state index in [1.807, 2.05) is 0 Å². The monoisotopic (exact) mass is 279 g/mol. The van der Waals surface area contributed by atoms with Crippen LogP contribution < -0.4 is 0 Å². The second-order valence-corrected chi connectivity index (χ2v) is 4.15. The van der Waals surface area contributed by atoms with Crippen molar-refractivity contribution in [3.63, 3.8) is 0 Å². The molecule has 0 radical (unpaired) electrons. The number of carbonyl (C=O) groups excluding carboxylic acids is 1. The van der Waals surface area contributed by atoms with Crippen molar-refractivity contribution in [2.75, 3.05) is 14.1 Å². The number of halogens is 3. The van der Waals surface area contributed by atoms with Crippen molar-refractivity contribution in [1.29, 1.82) is 0 Å². The summed E-state index contributed by atoms with van der Waals surface area (Å²) in [5.41, 5.74) is 0.237. The Balaban J connectivity index is 3.19. The molecule has 14 heavy (non-hydrogen) atoms. The molecule has 1 aromatic carbocycles. The van der Waals surface area contributed by atoms with Gasteiger partial charge < -0.3 is 4.90 Å². The van der Waals surface area contributed by atoms with Crippen LogP contribution in [0.5, 0.6) is 0 Å². The summed E-state index contributed by atoms with van der Waals surface area (Å²) in [5, 5.41) is 0.190. The minimum Gasteiger partial charge on any atom is -0.345 e. The van der Waals surface area contributed by atoms with E-state index in [0.29, 0.717) is 0 Å². The fourth-order valence-corrected chi connectivity index (χ4v) is 1.37. The van der Waals surface area contributed by atoms with E-state index in [4.69, 9.17) is 11.6 Å². The Morgan fingerprint density at radius 2 is 2.07 bits per heavy atom. The number of carbonyl (C=O) groups is 1. The van der Waals surface area contributed by atoms with E-state index in [2.05, 4.69) is 15.9 Å². The van der Waals surface area contributed by atoms with Gasteiger partial charge >= 0.3 is 0 Å². The van der Waals surface area contributed by atoms with Gasteiger partial charge in [-0.05, 0) is 28.1 Å². The number of nitrogens with zero attached hydrogens (tertiary/aromatic N) is 1. The molecule has 0 unspecified atom stereocenters. The van der Waals surface area contributed by atoms with Gasteiger partial charge in [0.15, 0.2) is 0 Å². The van der Waals surface area contributed by atoms with Crippen LogP contribution in [0.25, 0.3) is 0 Å². The van der Waals surface area contributed by atoms with Crippen molar-refractivity contribution < 1.29 is 9.18 Å². The van der Waals surface area contributed by atoms with Crippen molar-refractivity contribution >= 4 is 33.4 Å². The summed E-state index contributed by atoms with van der Waals surface area (Å²) in [5.74, 6) is -0.819. The minimum atomic E-state index is -0.539. The number of amides is 1. The first-order chi connectivity index (χ1) is 6.43. The number of hydrogen-bond donors (Lipinski definition) is 0. The number of rotatable bonds is 1. The van der Waals surface area contributed by atoms with Gasteiger partial charge in [-0.1, -0.05) is 11.6 Å². The Morgan fingerprint density at radius 3 is 2.50 bits per heavy atom. The largest absolute Gasteiger partial charge is 0.345 e. The van der Waals surface area contributed by atoms with Crippen molar-refractivity contribution in [3.05, 3.63) is 33.0 Å². The smallest absolute Gasteiger partial charge is 0.253 e. The lowest BCUT2D eigenvalue weighted by Crippen LogP contribution is -2.21. The van der Waals surface area contributed by atoms with Crippen LogP contribution in [0.2, 0.25) is 5.02 Å². The van der Waals surface area contributed by atoms with Crippen LogP contribution in [0.15, 0.2) is 16.6 Å². The maximum atomic E-state index is 13.2. The highest BCUT2D eigenvalue weighted by atomic mass is 79.9. The Morgan fingerprint density at radius 1 is 1.50 bits per heavy atom. The van der Waals surface area contributed by atoms with Crippen molar-refractivity contribution in [1.82, 2.24) is 4.90 Å². The van der Waals surface area contributed by atoms with Gasteiger partial charge in [0.25, 0.3) is 5.91 Å². The summed E-state index contributed by atoms with van der Waals surface area (Å²) in [6.07, 6.45) is 0. The molecule has 0 N–H and O–H groups in total. The highest BCUT2D eigenvalue weighted by Crippen LogP contribution is 2.27. The average molecular weight is 281 g/mol. The molecule has 0 saturated carbocycles. The Labute approximate surface area is 94.8 Å². The molecule has 0 bridgehead atoms. The summed E-state index contributed by atoms with van der Waals surface area (Å²) in [4.78, 5) is 12.8. The van der Waals surface area contributed by atoms with Gasteiger partial charge in [-0.15, -0.1) is 0 Å². The number of hydrogen-bond acceptors (Lipinski definition) is 1. The third-order valence-electron chi connectivity index (χ3n) is 1.64. The van der Waals surface area contributed by atoms with Gasteiger partial charge in [0.2, 0.25) is 0 Å². The molecular weight excluding hydrogens is 272 g/mol. The molecule has 1 amide bonds. The van der Waals surface area contributed by atoms with Gasteiger partial charge in [-0.2, -0.15) is 0 Å². The first kappa shape index (κ1) is 11.5. The molecule has 0 aliphatic rings. The van der Waals surface area contributed by atoms with Gasteiger partial charge in [0.1, 0.15) is 5.82 Å². The van der Waals surface area contributed by atoms with Crippen LogP contribution in [0.1, 0.15) is 10.4 Å². The van der Waals surface area contributed by atoms with Gasteiger partial charge in [-0.3, -0.25) is 4.79 Å². The lowest BCUT2D eigenvalue weighted by Gasteiger charge is -2.10. The molecular formula is C9H8BrClFNO. The van der Waals surface area contributed by atoms with Crippen LogP contribution >= 0.6 is 27.5 Å². The second-order valence-electron chi connectivity index (χ2n) is 2.95. The van der Waals surface area contributed by atoms with Crippen molar-refractivity contribution in [2.24, 2.45) is 0 Å². The summed E-state index contributed by atoms with van der Waals surface area (Å²) in [7, 11) is 3.19. The van der Waals surface area contributed by atoms with E-state index in [-0.39, 0.29) is 21.0 Å². The predicted molar refractivity (Wildman–Crippen MR) is 57.1 cm³/mol. The van der Waals surface area contributed by atoms with Crippen LogP contribution in [-0.4, -0.2) is 24.9 Å². The van der Waals surface area contributed by atoms with Gasteiger partial charge in [0, 0.05) is 19.7 Å². The topological polar surface area (TPSA) is 20.3 Å². The lowest BCUT2D eigenvalue weighted by molar-refractivity contribution is 0.0827. The molecule has 76 valence electrons. The first-order valence-corrected chi connectivity index (χ1v) is 4.96. The normalized spacial score (nSPS) is 10.1. The van der Waals surface area contributed by atoms with E-state index in [1.54, 1.807) is 14.1 Å². The molecule has 1 rings (SSSR count). The lowest BCUT2D eigenvalue weighted by atomic mass is 10.2. The zero-order chi connectivity index (χ0) is 10.9. The van der Waals surface area contributed by atoms with Crippen LogP contribution in [-0.2, 0) is 0 Å². The van der Waals surface area contributed by atoms with E-state index in [0.717, 1.165) is 6.07 Å². The molecule has 5 heteroatoms. The van der Waals surface area contributed by atoms with E-state index in [1.165, 1.54) is 11.0 Å². The Kier molecular flexibility index (Phi) is 3.50. The van der Waals surface area contributed by atoms with E-state index >= 15 is 0 Å². The maximum absolute atomic E-state index is 13.2. The number of benzene rings is 1. The van der Waals surface area contributed by atoms with Crippen molar-refractivity contribution in [2.45, 2.75) is 0 Å². The second kappa shape index (κ2) is 4.28. The minimum absolute atomic E-state index is 0.175. The third kappa shape index (κ3) is 2.25. The van der Waals surface area contributed by atoms with E-state index in [9.17, 15) is 9.18 Å². The standard InChI is InChI=1S/C9H8BrClFNO/c1-13(2)9(14)5-3-6(11)8(10)7(12)4-5/h3-4H,1-2H3. The fourth-order valence-electron chi connectivity index (χ4n) is 0.937. The van der Waals surface area contributed by atoms with Crippen LogP contribution in [0, 0.1) is 5.82 Å². The Hall–Kier alpha value is -0.610. The van der Waals surface area contributed by atoms with Crippen LogP contribution in [0.4, 0.5) is 4.39 Å². The highest BCUT2D eigenvalue weighted by molar-refractivity contribution is 9.10. The van der Waals surface area contributed by atoms with Crippen molar-refractivity contribution in [3.8, 4) is 0 Å². The molecule has 1 aromatic rings. The van der Waals surface area contributed by atoms with Gasteiger partial charge in [-0.25, -0.2) is 4.39 Å². The molecule has 0 atom stereocenters. The third-order valence-corrected chi connectivity index (χ3v) is 2.97. The zero-order valence-corrected chi connectivity index (χ0v) is 9.99. The first-order valence-electron chi connectivity index (χ1n) is 3.79. The molecule has 0 heterocycles. The Bertz CT molecular complexity index is 358. The molecule has 0 fully saturated rings. The summed E-state index contributed by atoms with van der Waals surface area (Å²) < 4.78 is 13.3. The predicted octanol–water partition coefficient (Wildman–Crippen LogP) is 2.94. The summed E-state index contributed by atoms with van der Waals surface area (Å²) in [6, 6.07) is 2.58. The van der Waals surface area contributed by atoms with E-state index < -0.39 is 5.82 Å². The molecule has 0 spiro atoms. The molecule has 0 aromatic heterocycles.